The minimum atomic E-state index is -0.187. The Labute approximate surface area is 102 Å². The van der Waals surface area contributed by atoms with E-state index in [9.17, 15) is 0 Å². The van der Waals surface area contributed by atoms with Gasteiger partial charge in [0.05, 0.1) is 11.5 Å². The molecule has 0 saturated heterocycles. The Morgan fingerprint density at radius 3 is 2.88 bits per heavy atom. The van der Waals surface area contributed by atoms with Crippen molar-refractivity contribution < 1.29 is 0 Å². The fraction of sp³-hybridized carbons (Fsp3) is 0.615. The molecule has 1 heterocycles. The molecule has 0 saturated carbocycles. The number of nitrogens with zero attached hydrogens (tertiary/aromatic N) is 1. The SMILES string of the molecule is C[C@H](NCCCC(C)(C)C#N)c1cccs1. The quantitative estimate of drug-likeness (QED) is 0.764. The zero-order chi connectivity index (χ0) is 12.0. The highest BCUT2D eigenvalue weighted by molar-refractivity contribution is 7.10. The van der Waals surface area contributed by atoms with Gasteiger partial charge in [-0.1, -0.05) is 6.07 Å². The third kappa shape index (κ3) is 4.34. The lowest BCUT2D eigenvalue weighted by molar-refractivity contribution is 0.418. The van der Waals surface area contributed by atoms with Gasteiger partial charge >= 0.3 is 0 Å². The Morgan fingerprint density at radius 1 is 1.56 bits per heavy atom. The first-order valence-corrected chi connectivity index (χ1v) is 6.61. The molecule has 88 valence electrons. The number of nitrogens with one attached hydrogen (secondary N) is 1. The van der Waals surface area contributed by atoms with Crippen LogP contribution in [0.5, 0.6) is 0 Å². The van der Waals surface area contributed by atoms with Crippen molar-refractivity contribution in [1.82, 2.24) is 5.32 Å². The molecule has 1 atom stereocenters. The highest BCUT2D eigenvalue weighted by atomic mass is 32.1. The van der Waals surface area contributed by atoms with Crippen LogP contribution in [0.2, 0.25) is 0 Å². The van der Waals surface area contributed by atoms with Crippen molar-refractivity contribution in [1.29, 1.82) is 5.26 Å². The van der Waals surface area contributed by atoms with E-state index in [1.54, 1.807) is 11.3 Å². The molecule has 3 heteroatoms. The molecule has 1 aromatic rings. The Morgan fingerprint density at radius 2 is 2.31 bits per heavy atom. The Hall–Kier alpha value is -0.850. The van der Waals surface area contributed by atoms with Crippen molar-refractivity contribution in [2.45, 2.75) is 39.7 Å². The van der Waals surface area contributed by atoms with Crippen LogP contribution in [0.3, 0.4) is 0 Å². The number of thiophene rings is 1. The summed E-state index contributed by atoms with van der Waals surface area (Å²) in [5.41, 5.74) is -0.187. The van der Waals surface area contributed by atoms with Gasteiger partial charge in [-0.3, -0.25) is 0 Å². The maximum atomic E-state index is 8.88. The van der Waals surface area contributed by atoms with Crippen LogP contribution in [0.25, 0.3) is 0 Å². The lowest BCUT2D eigenvalue weighted by Crippen LogP contribution is -2.20. The van der Waals surface area contributed by atoms with Crippen molar-refractivity contribution in [3.8, 4) is 6.07 Å². The van der Waals surface area contributed by atoms with Gasteiger partial charge in [-0.15, -0.1) is 11.3 Å². The van der Waals surface area contributed by atoms with Crippen LogP contribution >= 0.6 is 11.3 Å². The summed E-state index contributed by atoms with van der Waals surface area (Å²) in [4.78, 5) is 1.37. The van der Waals surface area contributed by atoms with E-state index in [1.807, 2.05) is 13.8 Å². The molecule has 0 aliphatic carbocycles. The van der Waals surface area contributed by atoms with E-state index in [0.29, 0.717) is 6.04 Å². The molecule has 1 N–H and O–H groups in total. The highest BCUT2D eigenvalue weighted by Gasteiger charge is 2.15. The third-order valence-corrected chi connectivity index (χ3v) is 3.76. The first-order valence-electron chi connectivity index (χ1n) is 5.73. The minimum Gasteiger partial charge on any atom is -0.309 e. The molecular formula is C13H20N2S. The summed E-state index contributed by atoms with van der Waals surface area (Å²) in [6.45, 7) is 7.15. The van der Waals surface area contributed by atoms with Crippen LogP contribution in [0, 0.1) is 16.7 Å². The van der Waals surface area contributed by atoms with Crippen molar-refractivity contribution in [2.24, 2.45) is 5.41 Å². The van der Waals surface area contributed by atoms with Gasteiger partial charge in [-0.05, 0) is 51.6 Å². The van der Waals surface area contributed by atoms with Crippen LogP contribution in [0.15, 0.2) is 17.5 Å². The van der Waals surface area contributed by atoms with E-state index in [4.69, 9.17) is 5.26 Å². The monoisotopic (exact) mass is 236 g/mol. The molecule has 16 heavy (non-hydrogen) atoms. The van der Waals surface area contributed by atoms with Gasteiger partial charge in [0.2, 0.25) is 0 Å². The van der Waals surface area contributed by atoms with Gasteiger partial charge in [-0.25, -0.2) is 0 Å². The van der Waals surface area contributed by atoms with Crippen LogP contribution < -0.4 is 5.32 Å². The van der Waals surface area contributed by atoms with Crippen molar-refractivity contribution in [3.05, 3.63) is 22.4 Å². The molecular weight excluding hydrogens is 216 g/mol. The largest absolute Gasteiger partial charge is 0.309 e. The lowest BCUT2D eigenvalue weighted by atomic mass is 9.90. The molecule has 1 rings (SSSR count). The predicted octanol–water partition coefficient (Wildman–Crippen LogP) is 3.73. The van der Waals surface area contributed by atoms with Gasteiger partial charge in [0.25, 0.3) is 0 Å². The summed E-state index contributed by atoms with van der Waals surface area (Å²) in [7, 11) is 0. The Balaban J connectivity index is 2.20. The highest BCUT2D eigenvalue weighted by Crippen LogP contribution is 2.21. The molecule has 0 radical (unpaired) electrons. The summed E-state index contributed by atoms with van der Waals surface area (Å²) in [6.07, 6.45) is 2.00. The third-order valence-electron chi connectivity index (χ3n) is 2.70. The van der Waals surface area contributed by atoms with Gasteiger partial charge in [0.15, 0.2) is 0 Å². The average molecular weight is 236 g/mol. The minimum absolute atomic E-state index is 0.187. The standard InChI is InChI=1S/C13H20N2S/c1-11(12-6-4-9-16-12)15-8-5-7-13(2,3)10-14/h4,6,9,11,15H,5,7-8H2,1-3H3/t11-/m0/s1. The topological polar surface area (TPSA) is 35.8 Å². The molecule has 0 fully saturated rings. The second-order valence-corrected chi connectivity index (χ2v) is 5.77. The van der Waals surface area contributed by atoms with E-state index in [1.165, 1.54) is 4.88 Å². The van der Waals surface area contributed by atoms with Crippen LogP contribution in [0.1, 0.15) is 44.5 Å². The maximum Gasteiger partial charge on any atom is 0.0683 e. The summed E-state index contributed by atoms with van der Waals surface area (Å²) < 4.78 is 0. The van der Waals surface area contributed by atoms with Gasteiger partial charge in [-0.2, -0.15) is 5.26 Å². The fourth-order valence-electron chi connectivity index (χ4n) is 1.54. The average Bonchev–Trinajstić information content (AvgIpc) is 2.77. The summed E-state index contributed by atoms with van der Waals surface area (Å²) in [5.74, 6) is 0. The molecule has 0 spiro atoms. The normalized spacial score (nSPS) is 13.4. The van der Waals surface area contributed by atoms with Crippen molar-refractivity contribution in [2.75, 3.05) is 6.54 Å². The molecule has 0 amide bonds. The zero-order valence-electron chi connectivity index (χ0n) is 10.3. The van der Waals surface area contributed by atoms with E-state index in [2.05, 4.69) is 35.8 Å². The molecule has 0 unspecified atom stereocenters. The Bertz CT molecular complexity index is 335. The van der Waals surface area contributed by atoms with E-state index in [-0.39, 0.29) is 5.41 Å². The molecule has 1 aromatic heterocycles. The summed E-state index contributed by atoms with van der Waals surface area (Å²) >= 11 is 1.78. The molecule has 0 bridgehead atoms. The maximum absolute atomic E-state index is 8.88. The van der Waals surface area contributed by atoms with E-state index in [0.717, 1.165) is 19.4 Å². The Kier molecular flexibility index (Phi) is 4.98. The molecule has 0 aliphatic heterocycles. The summed E-state index contributed by atoms with van der Waals surface area (Å²) in [6, 6.07) is 6.99. The number of nitriles is 1. The van der Waals surface area contributed by atoms with Gasteiger partial charge < -0.3 is 5.32 Å². The predicted molar refractivity (Wildman–Crippen MR) is 69.4 cm³/mol. The number of hydrogen-bond acceptors (Lipinski definition) is 3. The van der Waals surface area contributed by atoms with Crippen molar-refractivity contribution in [3.63, 3.8) is 0 Å². The first kappa shape index (κ1) is 13.2. The number of hydrogen-bond donors (Lipinski definition) is 1. The fourth-order valence-corrected chi connectivity index (χ4v) is 2.30. The summed E-state index contributed by atoms with van der Waals surface area (Å²) in [5, 5.41) is 14.5. The first-order chi connectivity index (χ1) is 7.55. The van der Waals surface area contributed by atoms with Crippen LogP contribution in [-0.2, 0) is 0 Å². The zero-order valence-corrected chi connectivity index (χ0v) is 11.1. The van der Waals surface area contributed by atoms with E-state index < -0.39 is 0 Å². The molecule has 0 aromatic carbocycles. The number of rotatable bonds is 6. The molecule has 0 aliphatic rings. The second kappa shape index (κ2) is 6.03. The smallest absolute Gasteiger partial charge is 0.0683 e. The lowest BCUT2D eigenvalue weighted by Gasteiger charge is -2.16. The van der Waals surface area contributed by atoms with Gasteiger partial charge in [0.1, 0.15) is 0 Å². The van der Waals surface area contributed by atoms with Crippen molar-refractivity contribution >= 4 is 11.3 Å². The molecule has 2 nitrogen and oxygen atoms in total. The van der Waals surface area contributed by atoms with Crippen LogP contribution in [0.4, 0.5) is 0 Å². The van der Waals surface area contributed by atoms with Gasteiger partial charge in [0, 0.05) is 10.9 Å². The van der Waals surface area contributed by atoms with E-state index >= 15 is 0 Å². The van der Waals surface area contributed by atoms with Crippen LogP contribution in [-0.4, -0.2) is 6.54 Å². The second-order valence-electron chi connectivity index (χ2n) is 4.79.